The molecule has 0 atom stereocenters. The topological polar surface area (TPSA) is 55.1 Å². The normalized spacial score (nSPS) is 23.8. The second kappa shape index (κ2) is 6.99. The lowest BCUT2D eigenvalue weighted by Crippen LogP contribution is -2.41. The van der Waals surface area contributed by atoms with E-state index in [4.69, 9.17) is 5.73 Å². The number of nitrogens with two attached hydrogens (primary N) is 1. The van der Waals surface area contributed by atoms with Crippen LogP contribution in [0.3, 0.4) is 0 Å². The average molecular weight is 275 g/mol. The van der Waals surface area contributed by atoms with E-state index in [0.29, 0.717) is 18.5 Å². The van der Waals surface area contributed by atoms with Gasteiger partial charge in [-0.05, 0) is 48.1 Å². The van der Waals surface area contributed by atoms with E-state index in [2.05, 4.69) is 5.32 Å². The molecule has 0 bridgehead atoms. The number of carbonyl (C=O) groups is 1. The van der Waals surface area contributed by atoms with Gasteiger partial charge in [0.25, 0.3) is 0 Å². The van der Waals surface area contributed by atoms with Gasteiger partial charge < -0.3 is 11.1 Å². The summed E-state index contributed by atoms with van der Waals surface area (Å²) in [5, 5.41) is 7.11. The zero-order valence-corrected chi connectivity index (χ0v) is 11.4. The van der Waals surface area contributed by atoms with Crippen molar-refractivity contribution < 1.29 is 4.79 Å². The SMILES string of the molecule is Cl.NC1CCC(NC(=O)Cc2ccsc2)CC1. The zero-order valence-electron chi connectivity index (χ0n) is 9.72. The zero-order chi connectivity index (χ0) is 11.4. The van der Waals surface area contributed by atoms with Gasteiger partial charge in [-0.2, -0.15) is 11.3 Å². The van der Waals surface area contributed by atoms with Gasteiger partial charge in [-0.3, -0.25) is 4.79 Å². The Kier molecular flexibility index (Phi) is 5.95. The van der Waals surface area contributed by atoms with Gasteiger partial charge in [0.1, 0.15) is 0 Å². The van der Waals surface area contributed by atoms with E-state index in [1.807, 2.05) is 16.8 Å². The highest BCUT2D eigenvalue weighted by Crippen LogP contribution is 2.17. The lowest BCUT2D eigenvalue weighted by molar-refractivity contribution is -0.121. The highest BCUT2D eigenvalue weighted by atomic mass is 35.5. The van der Waals surface area contributed by atoms with Gasteiger partial charge in [-0.15, -0.1) is 12.4 Å². The molecule has 3 N–H and O–H groups in total. The Bertz CT molecular complexity index is 334. The van der Waals surface area contributed by atoms with Crippen LogP contribution in [-0.2, 0) is 11.2 Å². The van der Waals surface area contributed by atoms with E-state index in [-0.39, 0.29) is 18.3 Å². The molecule has 1 heterocycles. The van der Waals surface area contributed by atoms with E-state index in [1.54, 1.807) is 11.3 Å². The maximum absolute atomic E-state index is 11.7. The summed E-state index contributed by atoms with van der Waals surface area (Å²) in [6, 6.07) is 2.68. The van der Waals surface area contributed by atoms with Crippen molar-refractivity contribution in [1.82, 2.24) is 5.32 Å². The summed E-state index contributed by atoms with van der Waals surface area (Å²) in [6.45, 7) is 0. The molecule has 1 fully saturated rings. The highest BCUT2D eigenvalue weighted by Gasteiger charge is 2.19. The third kappa shape index (κ3) is 4.66. The van der Waals surface area contributed by atoms with Gasteiger partial charge in [0.15, 0.2) is 0 Å². The second-order valence-corrected chi connectivity index (χ2v) is 5.27. The van der Waals surface area contributed by atoms with Crippen LogP contribution in [0.1, 0.15) is 31.2 Å². The Labute approximate surface area is 112 Å². The van der Waals surface area contributed by atoms with Gasteiger partial charge >= 0.3 is 0 Å². The molecule has 1 amide bonds. The van der Waals surface area contributed by atoms with E-state index in [0.717, 1.165) is 31.2 Å². The monoisotopic (exact) mass is 274 g/mol. The minimum atomic E-state index is 0. The number of nitrogens with one attached hydrogen (secondary N) is 1. The largest absolute Gasteiger partial charge is 0.353 e. The molecule has 0 spiro atoms. The first-order chi connectivity index (χ1) is 7.74. The summed E-state index contributed by atoms with van der Waals surface area (Å²) in [4.78, 5) is 11.7. The maximum Gasteiger partial charge on any atom is 0.224 e. The van der Waals surface area contributed by atoms with Crippen LogP contribution >= 0.6 is 23.7 Å². The van der Waals surface area contributed by atoms with Crippen LogP contribution in [0, 0.1) is 0 Å². The summed E-state index contributed by atoms with van der Waals surface area (Å²) < 4.78 is 0. The van der Waals surface area contributed by atoms with Crippen molar-refractivity contribution in [2.45, 2.75) is 44.2 Å². The molecule has 1 aromatic heterocycles. The van der Waals surface area contributed by atoms with Gasteiger partial charge in [0, 0.05) is 12.1 Å². The Morgan fingerprint density at radius 3 is 2.71 bits per heavy atom. The van der Waals surface area contributed by atoms with Crippen LogP contribution in [-0.4, -0.2) is 18.0 Å². The van der Waals surface area contributed by atoms with Crippen LogP contribution in [0.5, 0.6) is 0 Å². The van der Waals surface area contributed by atoms with Crippen LogP contribution in [0.15, 0.2) is 16.8 Å². The lowest BCUT2D eigenvalue weighted by Gasteiger charge is -2.26. The second-order valence-electron chi connectivity index (χ2n) is 4.49. The molecule has 0 saturated heterocycles. The highest BCUT2D eigenvalue weighted by molar-refractivity contribution is 7.07. The summed E-state index contributed by atoms with van der Waals surface area (Å²) in [5.41, 5.74) is 6.93. The Balaban J connectivity index is 0.00000144. The molecule has 1 aliphatic carbocycles. The predicted octanol–water partition coefficient (Wildman–Crippen LogP) is 2.10. The molecule has 0 aliphatic heterocycles. The lowest BCUT2D eigenvalue weighted by atomic mass is 9.92. The molecule has 1 aliphatic rings. The standard InChI is InChI=1S/C12H18N2OS.ClH/c13-10-1-3-11(4-2-10)14-12(15)7-9-5-6-16-8-9;/h5-6,8,10-11H,1-4,7,13H2,(H,14,15);1H. The molecule has 5 heteroatoms. The number of halogens is 1. The molecular formula is C12H19ClN2OS. The predicted molar refractivity (Wildman–Crippen MR) is 73.6 cm³/mol. The molecule has 96 valence electrons. The summed E-state index contributed by atoms with van der Waals surface area (Å²) in [6.07, 6.45) is 4.62. The van der Waals surface area contributed by atoms with E-state index >= 15 is 0 Å². The first-order valence-corrected chi connectivity index (χ1v) is 6.74. The number of hydrogen-bond donors (Lipinski definition) is 2. The van der Waals surface area contributed by atoms with Crippen LogP contribution in [0.4, 0.5) is 0 Å². The number of carbonyl (C=O) groups excluding carboxylic acids is 1. The maximum atomic E-state index is 11.7. The third-order valence-electron chi connectivity index (χ3n) is 3.08. The van der Waals surface area contributed by atoms with Crippen molar-refractivity contribution in [2.24, 2.45) is 5.73 Å². The molecule has 1 aromatic rings. The van der Waals surface area contributed by atoms with Crippen LogP contribution in [0.2, 0.25) is 0 Å². The van der Waals surface area contributed by atoms with Crippen LogP contribution < -0.4 is 11.1 Å². The van der Waals surface area contributed by atoms with Crippen molar-refractivity contribution >= 4 is 29.7 Å². The van der Waals surface area contributed by atoms with Crippen molar-refractivity contribution in [1.29, 1.82) is 0 Å². The number of thiophene rings is 1. The van der Waals surface area contributed by atoms with Crippen molar-refractivity contribution in [3.05, 3.63) is 22.4 Å². The quantitative estimate of drug-likeness (QED) is 0.887. The smallest absolute Gasteiger partial charge is 0.224 e. The Morgan fingerprint density at radius 1 is 1.41 bits per heavy atom. The molecular weight excluding hydrogens is 256 g/mol. The van der Waals surface area contributed by atoms with E-state index in [9.17, 15) is 4.79 Å². The molecule has 2 rings (SSSR count). The summed E-state index contributed by atoms with van der Waals surface area (Å²) >= 11 is 1.63. The molecule has 0 aromatic carbocycles. The van der Waals surface area contributed by atoms with Gasteiger partial charge in [-0.25, -0.2) is 0 Å². The number of hydrogen-bond acceptors (Lipinski definition) is 3. The van der Waals surface area contributed by atoms with E-state index < -0.39 is 0 Å². The summed E-state index contributed by atoms with van der Waals surface area (Å²) in [5.74, 6) is 0.138. The van der Waals surface area contributed by atoms with Gasteiger partial charge in [-0.1, -0.05) is 0 Å². The number of amides is 1. The molecule has 1 saturated carbocycles. The van der Waals surface area contributed by atoms with Crippen molar-refractivity contribution in [2.75, 3.05) is 0 Å². The molecule has 0 radical (unpaired) electrons. The first kappa shape index (κ1) is 14.5. The van der Waals surface area contributed by atoms with E-state index in [1.165, 1.54) is 0 Å². The van der Waals surface area contributed by atoms with Gasteiger partial charge in [0.05, 0.1) is 6.42 Å². The Morgan fingerprint density at radius 2 is 2.12 bits per heavy atom. The molecule has 3 nitrogen and oxygen atoms in total. The summed E-state index contributed by atoms with van der Waals surface area (Å²) in [7, 11) is 0. The average Bonchev–Trinajstić information content (AvgIpc) is 2.74. The molecule has 0 unspecified atom stereocenters. The van der Waals surface area contributed by atoms with Crippen molar-refractivity contribution in [3.63, 3.8) is 0 Å². The minimum Gasteiger partial charge on any atom is -0.353 e. The molecule has 17 heavy (non-hydrogen) atoms. The number of rotatable bonds is 3. The fourth-order valence-electron chi connectivity index (χ4n) is 2.12. The third-order valence-corrected chi connectivity index (χ3v) is 3.81. The Hall–Kier alpha value is -0.580. The van der Waals surface area contributed by atoms with Gasteiger partial charge in [0.2, 0.25) is 5.91 Å². The van der Waals surface area contributed by atoms with Crippen molar-refractivity contribution in [3.8, 4) is 0 Å². The fraction of sp³-hybridized carbons (Fsp3) is 0.583. The minimum absolute atomic E-state index is 0. The first-order valence-electron chi connectivity index (χ1n) is 5.80. The van der Waals surface area contributed by atoms with Crippen LogP contribution in [0.25, 0.3) is 0 Å². The fourth-order valence-corrected chi connectivity index (χ4v) is 2.79.